The lowest BCUT2D eigenvalue weighted by Gasteiger charge is -2.25. The lowest BCUT2D eigenvalue weighted by Crippen LogP contribution is -2.36. The minimum Gasteiger partial charge on any atom is -0.444 e. The third-order valence-corrected chi connectivity index (χ3v) is 3.41. The summed E-state index contributed by atoms with van der Waals surface area (Å²) in [5, 5.41) is 0. The van der Waals surface area contributed by atoms with Crippen molar-refractivity contribution in [1.29, 1.82) is 0 Å². The van der Waals surface area contributed by atoms with Crippen molar-refractivity contribution in [3.05, 3.63) is 18.6 Å². The number of anilines is 1. The molecular formula is C15H24N4O2. The van der Waals surface area contributed by atoms with Crippen molar-refractivity contribution in [3.8, 4) is 0 Å². The summed E-state index contributed by atoms with van der Waals surface area (Å²) in [7, 11) is 2.00. The molecule has 1 aromatic heterocycles. The summed E-state index contributed by atoms with van der Waals surface area (Å²) < 4.78 is 5.41. The molecule has 0 N–H and O–H groups in total. The highest BCUT2D eigenvalue weighted by Crippen LogP contribution is 2.21. The molecule has 6 heteroatoms. The fourth-order valence-corrected chi connectivity index (χ4v) is 2.44. The van der Waals surface area contributed by atoms with E-state index in [2.05, 4.69) is 14.9 Å². The summed E-state index contributed by atoms with van der Waals surface area (Å²) in [6, 6.07) is 0. The molecular weight excluding hydrogens is 268 g/mol. The number of likely N-dealkylation sites (tertiary alicyclic amines) is 1. The van der Waals surface area contributed by atoms with Crippen LogP contribution >= 0.6 is 0 Å². The Morgan fingerprint density at radius 3 is 2.86 bits per heavy atom. The minimum absolute atomic E-state index is 0.216. The molecule has 1 atom stereocenters. The normalized spacial score (nSPS) is 18.7. The summed E-state index contributed by atoms with van der Waals surface area (Å²) in [6.07, 6.45) is 5.88. The maximum absolute atomic E-state index is 12.0. The molecule has 0 aromatic carbocycles. The van der Waals surface area contributed by atoms with Crippen LogP contribution in [0.1, 0.15) is 27.2 Å². The predicted molar refractivity (Wildman–Crippen MR) is 81.2 cm³/mol. The van der Waals surface area contributed by atoms with Gasteiger partial charge in [0.2, 0.25) is 0 Å². The van der Waals surface area contributed by atoms with E-state index < -0.39 is 5.60 Å². The van der Waals surface area contributed by atoms with Crippen molar-refractivity contribution in [2.45, 2.75) is 32.8 Å². The van der Waals surface area contributed by atoms with Crippen molar-refractivity contribution in [2.75, 3.05) is 31.6 Å². The third-order valence-electron chi connectivity index (χ3n) is 3.41. The third kappa shape index (κ3) is 4.58. The number of hydrogen-bond donors (Lipinski definition) is 0. The molecule has 0 bridgehead atoms. The lowest BCUT2D eigenvalue weighted by molar-refractivity contribution is 0.0288. The van der Waals surface area contributed by atoms with Crippen LogP contribution in [0.25, 0.3) is 0 Å². The first-order valence-electron chi connectivity index (χ1n) is 7.30. The molecule has 1 amide bonds. The summed E-state index contributed by atoms with van der Waals surface area (Å²) in [4.78, 5) is 24.3. The predicted octanol–water partition coefficient (Wildman–Crippen LogP) is 2.17. The van der Waals surface area contributed by atoms with Gasteiger partial charge in [0, 0.05) is 39.1 Å². The van der Waals surface area contributed by atoms with Crippen LogP contribution in [0.15, 0.2) is 18.6 Å². The Morgan fingerprint density at radius 2 is 2.24 bits per heavy atom. The average molecular weight is 292 g/mol. The fourth-order valence-electron chi connectivity index (χ4n) is 2.44. The van der Waals surface area contributed by atoms with Crippen LogP contribution < -0.4 is 4.90 Å². The fraction of sp³-hybridized carbons (Fsp3) is 0.667. The Balaban J connectivity index is 1.84. The topological polar surface area (TPSA) is 58.6 Å². The van der Waals surface area contributed by atoms with Crippen molar-refractivity contribution in [3.63, 3.8) is 0 Å². The van der Waals surface area contributed by atoms with E-state index in [4.69, 9.17) is 4.74 Å². The van der Waals surface area contributed by atoms with E-state index in [0.717, 1.165) is 31.9 Å². The number of rotatable bonds is 3. The van der Waals surface area contributed by atoms with Gasteiger partial charge in [-0.1, -0.05) is 0 Å². The highest BCUT2D eigenvalue weighted by atomic mass is 16.6. The molecule has 1 saturated heterocycles. The molecule has 0 radical (unpaired) electrons. The van der Waals surface area contributed by atoms with Gasteiger partial charge in [-0.3, -0.25) is 4.98 Å². The van der Waals surface area contributed by atoms with Gasteiger partial charge in [0.15, 0.2) is 0 Å². The van der Waals surface area contributed by atoms with Gasteiger partial charge in [-0.05, 0) is 33.1 Å². The molecule has 2 rings (SSSR count). The van der Waals surface area contributed by atoms with Gasteiger partial charge in [-0.2, -0.15) is 0 Å². The molecule has 1 fully saturated rings. The molecule has 0 aliphatic carbocycles. The maximum Gasteiger partial charge on any atom is 0.410 e. The van der Waals surface area contributed by atoms with Crippen LogP contribution in [0.4, 0.5) is 10.6 Å². The van der Waals surface area contributed by atoms with Gasteiger partial charge < -0.3 is 14.5 Å². The average Bonchev–Trinajstić information content (AvgIpc) is 2.86. The van der Waals surface area contributed by atoms with Gasteiger partial charge in [0.25, 0.3) is 0 Å². The van der Waals surface area contributed by atoms with Crippen LogP contribution in [-0.4, -0.2) is 53.2 Å². The first-order chi connectivity index (χ1) is 9.85. The minimum atomic E-state index is -0.439. The number of carbonyl (C=O) groups is 1. The second-order valence-electron chi connectivity index (χ2n) is 6.53. The van der Waals surface area contributed by atoms with E-state index in [1.165, 1.54) is 0 Å². The summed E-state index contributed by atoms with van der Waals surface area (Å²) in [5.41, 5.74) is -0.439. The number of aromatic nitrogens is 2. The van der Waals surface area contributed by atoms with E-state index in [1.807, 2.05) is 27.8 Å². The Morgan fingerprint density at radius 1 is 1.48 bits per heavy atom. The zero-order chi connectivity index (χ0) is 15.5. The highest BCUT2D eigenvalue weighted by molar-refractivity contribution is 5.68. The molecule has 6 nitrogen and oxygen atoms in total. The van der Waals surface area contributed by atoms with Gasteiger partial charge in [0.05, 0.1) is 6.20 Å². The van der Waals surface area contributed by atoms with Crippen LogP contribution in [0.3, 0.4) is 0 Å². The first-order valence-corrected chi connectivity index (χ1v) is 7.30. The quantitative estimate of drug-likeness (QED) is 0.854. The molecule has 0 spiro atoms. The number of amides is 1. The highest BCUT2D eigenvalue weighted by Gasteiger charge is 2.30. The number of nitrogens with zero attached hydrogens (tertiary/aromatic N) is 4. The molecule has 1 aromatic rings. The largest absolute Gasteiger partial charge is 0.444 e. The van der Waals surface area contributed by atoms with Crippen LogP contribution in [0.5, 0.6) is 0 Å². The van der Waals surface area contributed by atoms with Gasteiger partial charge in [-0.25, -0.2) is 9.78 Å². The molecule has 2 heterocycles. The smallest absolute Gasteiger partial charge is 0.410 e. The molecule has 0 unspecified atom stereocenters. The molecule has 21 heavy (non-hydrogen) atoms. The van der Waals surface area contributed by atoms with Gasteiger partial charge >= 0.3 is 6.09 Å². The van der Waals surface area contributed by atoms with Crippen molar-refractivity contribution < 1.29 is 9.53 Å². The van der Waals surface area contributed by atoms with Crippen molar-refractivity contribution in [1.82, 2.24) is 14.9 Å². The number of carbonyl (C=O) groups excluding carboxylic acids is 1. The number of hydrogen-bond acceptors (Lipinski definition) is 5. The summed E-state index contributed by atoms with van der Waals surface area (Å²) in [6.45, 7) is 8.02. The van der Waals surface area contributed by atoms with Gasteiger partial charge in [0.1, 0.15) is 11.4 Å². The maximum atomic E-state index is 12.0. The Labute approximate surface area is 126 Å². The zero-order valence-electron chi connectivity index (χ0n) is 13.2. The number of ether oxygens (including phenoxy) is 1. The van der Waals surface area contributed by atoms with Crippen molar-refractivity contribution in [2.24, 2.45) is 5.92 Å². The van der Waals surface area contributed by atoms with E-state index in [1.54, 1.807) is 23.5 Å². The Bertz CT molecular complexity index is 472. The second-order valence-corrected chi connectivity index (χ2v) is 6.53. The molecule has 116 valence electrons. The molecule has 1 aliphatic rings. The van der Waals surface area contributed by atoms with Crippen LogP contribution in [0, 0.1) is 5.92 Å². The first kappa shape index (κ1) is 15.5. The molecule has 0 saturated carbocycles. The van der Waals surface area contributed by atoms with E-state index in [0.29, 0.717) is 5.92 Å². The summed E-state index contributed by atoms with van der Waals surface area (Å²) in [5.74, 6) is 1.29. The SMILES string of the molecule is CN(C[C@H]1CCN(C(=O)OC(C)(C)C)C1)c1cnccn1. The Hall–Kier alpha value is -1.85. The monoisotopic (exact) mass is 292 g/mol. The van der Waals surface area contributed by atoms with Crippen LogP contribution in [0.2, 0.25) is 0 Å². The lowest BCUT2D eigenvalue weighted by atomic mass is 10.1. The van der Waals surface area contributed by atoms with E-state index in [-0.39, 0.29) is 6.09 Å². The Kier molecular flexibility index (Phi) is 4.65. The van der Waals surface area contributed by atoms with Crippen molar-refractivity contribution >= 4 is 11.9 Å². The van der Waals surface area contributed by atoms with E-state index in [9.17, 15) is 4.79 Å². The standard InChI is InChI=1S/C15H24N4O2/c1-15(2,3)21-14(20)19-8-5-12(11-19)10-18(4)13-9-16-6-7-17-13/h6-7,9,12H,5,8,10-11H2,1-4H3/t12-/m1/s1. The zero-order valence-corrected chi connectivity index (χ0v) is 13.2. The molecule has 1 aliphatic heterocycles. The van der Waals surface area contributed by atoms with Gasteiger partial charge in [-0.15, -0.1) is 0 Å². The summed E-state index contributed by atoms with van der Waals surface area (Å²) >= 11 is 0. The van der Waals surface area contributed by atoms with Crippen LogP contribution in [-0.2, 0) is 4.74 Å². The van der Waals surface area contributed by atoms with E-state index >= 15 is 0 Å². The second kappa shape index (κ2) is 6.28.